The maximum absolute atomic E-state index is 12.7. The predicted molar refractivity (Wildman–Crippen MR) is 55.0 cm³/mol. The molecule has 0 aliphatic rings. The summed E-state index contributed by atoms with van der Waals surface area (Å²) >= 11 is 0. The van der Waals surface area contributed by atoms with E-state index in [1.807, 2.05) is 0 Å². The van der Waals surface area contributed by atoms with E-state index >= 15 is 0 Å². The molecule has 0 atom stereocenters. The van der Waals surface area contributed by atoms with Crippen molar-refractivity contribution in [1.82, 2.24) is 9.97 Å². The lowest BCUT2D eigenvalue weighted by Crippen LogP contribution is -1.85. The highest BCUT2D eigenvalue weighted by atomic mass is 35.5. The largest absolute Gasteiger partial charge is 0.397 e. The average molecular weight is 224 g/mol. The Balaban J connectivity index is 0.000000720. The third-order valence-corrected chi connectivity index (χ3v) is 1.49. The van der Waals surface area contributed by atoms with E-state index < -0.39 is 0 Å². The lowest BCUT2D eigenvalue weighted by atomic mass is 10.3. The molecule has 0 aliphatic heterocycles. The lowest BCUT2D eigenvalue weighted by molar-refractivity contribution is 0.637. The molecule has 0 aromatic carbocycles. The summed E-state index contributed by atoms with van der Waals surface area (Å²) < 4.78 is 12.7. The van der Waals surface area contributed by atoms with Crippen molar-refractivity contribution in [2.24, 2.45) is 0 Å². The van der Waals surface area contributed by atoms with Gasteiger partial charge in [0.05, 0.1) is 17.4 Å². The molecule has 2 heterocycles. The van der Waals surface area contributed by atoms with Gasteiger partial charge < -0.3 is 10.7 Å². The molecule has 72 valence electrons. The standard InChI is InChI=1S/C7H6FN3.2ClH/c8-5-3-10-6-1-4(9)2-11-7(5)6;;/h1-3,10H,9H2;2*1H. The Morgan fingerprint density at radius 3 is 2.77 bits per heavy atom. The summed E-state index contributed by atoms with van der Waals surface area (Å²) in [6, 6.07) is 1.64. The van der Waals surface area contributed by atoms with Crippen molar-refractivity contribution in [1.29, 1.82) is 0 Å². The Bertz CT molecular complexity index is 402. The van der Waals surface area contributed by atoms with E-state index in [9.17, 15) is 4.39 Å². The predicted octanol–water partition coefficient (Wildman–Crippen LogP) is 2.13. The summed E-state index contributed by atoms with van der Waals surface area (Å²) in [4.78, 5) is 6.52. The summed E-state index contributed by atoms with van der Waals surface area (Å²) in [5, 5.41) is 0. The first kappa shape index (κ1) is 12.0. The minimum atomic E-state index is -0.347. The van der Waals surface area contributed by atoms with Crippen LogP contribution < -0.4 is 5.73 Å². The normalized spacial score (nSPS) is 9.00. The number of H-pyrrole nitrogens is 1. The van der Waals surface area contributed by atoms with Gasteiger partial charge in [0.1, 0.15) is 5.52 Å². The maximum Gasteiger partial charge on any atom is 0.166 e. The van der Waals surface area contributed by atoms with E-state index in [0.29, 0.717) is 16.7 Å². The van der Waals surface area contributed by atoms with E-state index in [1.54, 1.807) is 6.07 Å². The van der Waals surface area contributed by atoms with E-state index in [0.717, 1.165) is 0 Å². The molecule has 2 rings (SSSR count). The number of hydrogen-bond acceptors (Lipinski definition) is 2. The van der Waals surface area contributed by atoms with Gasteiger partial charge in [-0.05, 0) is 6.07 Å². The number of anilines is 1. The van der Waals surface area contributed by atoms with Gasteiger partial charge in [-0.25, -0.2) is 9.37 Å². The van der Waals surface area contributed by atoms with Crippen molar-refractivity contribution in [2.45, 2.75) is 0 Å². The number of nitrogen functional groups attached to an aromatic ring is 1. The minimum Gasteiger partial charge on any atom is -0.397 e. The molecule has 0 saturated carbocycles. The minimum absolute atomic E-state index is 0. The number of aromatic amines is 1. The number of nitrogens with one attached hydrogen (secondary N) is 1. The molecule has 0 unspecified atom stereocenters. The topological polar surface area (TPSA) is 54.7 Å². The fourth-order valence-electron chi connectivity index (χ4n) is 0.991. The molecular weight excluding hydrogens is 216 g/mol. The van der Waals surface area contributed by atoms with Crippen molar-refractivity contribution in [3.05, 3.63) is 24.3 Å². The zero-order valence-electron chi connectivity index (χ0n) is 6.45. The van der Waals surface area contributed by atoms with Crippen molar-refractivity contribution in [3.8, 4) is 0 Å². The van der Waals surface area contributed by atoms with Crippen LogP contribution in [0, 0.1) is 5.82 Å². The number of pyridine rings is 1. The molecule has 0 fully saturated rings. The Kier molecular flexibility index (Phi) is 3.97. The van der Waals surface area contributed by atoms with Gasteiger partial charge in [0.2, 0.25) is 0 Å². The summed E-state index contributed by atoms with van der Waals surface area (Å²) in [5.41, 5.74) is 6.92. The first-order valence-electron chi connectivity index (χ1n) is 3.15. The summed E-state index contributed by atoms with van der Waals surface area (Å²) in [6.07, 6.45) is 2.69. The molecule has 13 heavy (non-hydrogen) atoms. The van der Waals surface area contributed by atoms with Crippen molar-refractivity contribution in [3.63, 3.8) is 0 Å². The number of hydrogen-bond donors (Lipinski definition) is 2. The zero-order chi connectivity index (χ0) is 7.84. The molecule has 6 heteroatoms. The maximum atomic E-state index is 12.7. The Morgan fingerprint density at radius 1 is 1.38 bits per heavy atom. The first-order valence-corrected chi connectivity index (χ1v) is 3.15. The third-order valence-electron chi connectivity index (χ3n) is 1.49. The van der Waals surface area contributed by atoms with Gasteiger partial charge in [-0.1, -0.05) is 0 Å². The second-order valence-electron chi connectivity index (χ2n) is 2.30. The van der Waals surface area contributed by atoms with Gasteiger partial charge in [-0.3, -0.25) is 0 Å². The quantitative estimate of drug-likeness (QED) is 0.720. The summed E-state index contributed by atoms with van der Waals surface area (Å²) in [6.45, 7) is 0. The molecule has 2 aromatic rings. The number of aromatic nitrogens is 2. The van der Waals surface area contributed by atoms with Crippen LogP contribution in [0.1, 0.15) is 0 Å². The SMILES string of the molecule is Cl.Cl.Nc1cnc2c(F)c[nH]c2c1. The summed E-state index contributed by atoms with van der Waals surface area (Å²) in [5.74, 6) is -0.347. The Hall–Kier alpha value is -1.00. The van der Waals surface area contributed by atoms with Crippen LogP contribution in [0.3, 0.4) is 0 Å². The lowest BCUT2D eigenvalue weighted by Gasteiger charge is -1.90. The van der Waals surface area contributed by atoms with Gasteiger partial charge in [-0.15, -0.1) is 24.8 Å². The number of nitrogens with two attached hydrogens (primary N) is 1. The van der Waals surface area contributed by atoms with Crippen molar-refractivity contribution in [2.75, 3.05) is 5.73 Å². The number of rotatable bonds is 0. The highest BCUT2D eigenvalue weighted by Gasteiger charge is 2.02. The molecule has 0 radical (unpaired) electrons. The molecule has 3 nitrogen and oxygen atoms in total. The van der Waals surface area contributed by atoms with Crippen LogP contribution in [0.4, 0.5) is 10.1 Å². The molecule has 0 spiro atoms. The van der Waals surface area contributed by atoms with Crippen LogP contribution >= 0.6 is 24.8 Å². The molecule has 0 aliphatic carbocycles. The molecule has 0 bridgehead atoms. The fourth-order valence-corrected chi connectivity index (χ4v) is 0.991. The first-order chi connectivity index (χ1) is 5.27. The summed E-state index contributed by atoms with van der Waals surface area (Å²) in [7, 11) is 0. The molecule has 0 amide bonds. The number of nitrogens with zero attached hydrogens (tertiary/aromatic N) is 1. The average Bonchev–Trinajstić information content (AvgIpc) is 2.32. The molecule has 0 saturated heterocycles. The van der Waals surface area contributed by atoms with Crippen LogP contribution in [0.2, 0.25) is 0 Å². The van der Waals surface area contributed by atoms with Crippen LogP contribution in [0.5, 0.6) is 0 Å². The molecule has 3 N–H and O–H groups in total. The molecular formula is C7H8Cl2FN3. The monoisotopic (exact) mass is 223 g/mol. The smallest absolute Gasteiger partial charge is 0.166 e. The van der Waals surface area contributed by atoms with Crippen molar-refractivity contribution < 1.29 is 4.39 Å². The highest BCUT2D eigenvalue weighted by molar-refractivity contribution is 5.85. The third kappa shape index (κ3) is 2.02. The van der Waals surface area contributed by atoms with Crippen LogP contribution in [0.15, 0.2) is 18.5 Å². The van der Waals surface area contributed by atoms with Gasteiger partial charge in [0.25, 0.3) is 0 Å². The van der Waals surface area contributed by atoms with E-state index in [2.05, 4.69) is 9.97 Å². The van der Waals surface area contributed by atoms with Crippen LogP contribution in [-0.4, -0.2) is 9.97 Å². The fraction of sp³-hybridized carbons (Fsp3) is 0. The van der Waals surface area contributed by atoms with E-state index in [4.69, 9.17) is 5.73 Å². The van der Waals surface area contributed by atoms with Crippen LogP contribution in [-0.2, 0) is 0 Å². The van der Waals surface area contributed by atoms with Gasteiger partial charge in [0, 0.05) is 6.20 Å². The van der Waals surface area contributed by atoms with Gasteiger partial charge in [0.15, 0.2) is 5.82 Å². The second kappa shape index (κ2) is 4.30. The second-order valence-corrected chi connectivity index (χ2v) is 2.30. The zero-order valence-corrected chi connectivity index (χ0v) is 8.08. The van der Waals surface area contributed by atoms with Gasteiger partial charge >= 0.3 is 0 Å². The van der Waals surface area contributed by atoms with E-state index in [-0.39, 0.29) is 30.6 Å². The Morgan fingerprint density at radius 2 is 2.08 bits per heavy atom. The van der Waals surface area contributed by atoms with Crippen LogP contribution in [0.25, 0.3) is 11.0 Å². The number of fused-ring (bicyclic) bond motifs is 1. The van der Waals surface area contributed by atoms with Crippen molar-refractivity contribution >= 4 is 41.5 Å². The van der Waals surface area contributed by atoms with E-state index in [1.165, 1.54) is 12.4 Å². The highest BCUT2D eigenvalue weighted by Crippen LogP contribution is 2.15. The number of halogens is 3. The molecule has 2 aromatic heterocycles. The Labute approximate surface area is 86.4 Å². The van der Waals surface area contributed by atoms with Gasteiger partial charge in [-0.2, -0.15) is 0 Å².